The minimum Gasteiger partial charge on any atom is -0.345 e. The van der Waals surface area contributed by atoms with Crippen LogP contribution in [0.3, 0.4) is 0 Å². The number of thiocarbonyl (C=S) groups is 1. The van der Waals surface area contributed by atoms with E-state index >= 15 is 0 Å². The highest BCUT2D eigenvalue weighted by atomic mass is 32.1. The fraction of sp³-hybridized carbons (Fsp3) is 0.0455. The molecule has 0 atom stereocenters. The van der Waals surface area contributed by atoms with Crippen LogP contribution in [0.4, 0.5) is 22.2 Å². The number of benzene rings is 2. The van der Waals surface area contributed by atoms with Gasteiger partial charge < -0.3 is 10.2 Å². The second kappa shape index (κ2) is 8.58. The molecule has 0 spiro atoms. The number of carbonyl (C=O) groups is 1. The van der Waals surface area contributed by atoms with Crippen molar-refractivity contribution in [2.75, 3.05) is 11.9 Å². The van der Waals surface area contributed by atoms with Gasteiger partial charge in [-0.05, 0) is 60.8 Å². The van der Waals surface area contributed by atoms with Gasteiger partial charge >= 0.3 is 0 Å². The monoisotopic (exact) mass is 476 g/mol. The maximum atomic E-state index is 11.8. The van der Waals surface area contributed by atoms with Crippen LogP contribution in [0.15, 0.2) is 76.6 Å². The molecule has 4 aromatic rings. The first kappa shape index (κ1) is 20.4. The fourth-order valence-corrected chi connectivity index (χ4v) is 5.31. The number of fused-ring (bicyclic) bond motifs is 1. The fourth-order valence-electron chi connectivity index (χ4n) is 3.12. The highest BCUT2D eigenvalue weighted by Crippen LogP contribution is 2.36. The Bertz CT molecular complexity index is 1340. The average molecular weight is 477 g/mol. The van der Waals surface area contributed by atoms with Crippen LogP contribution in [0.25, 0.3) is 15.6 Å². The van der Waals surface area contributed by atoms with Crippen molar-refractivity contribution in [2.24, 2.45) is 10.2 Å². The first-order valence-electron chi connectivity index (χ1n) is 9.60. The number of carbonyl (C=O) groups excluding carboxylic acids is 1. The highest BCUT2D eigenvalue weighted by Gasteiger charge is 2.20. The van der Waals surface area contributed by atoms with Crippen molar-refractivity contribution in [1.82, 2.24) is 15.6 Å². The van der Waals surface area contributed by atoms with Gasteiger partial charge in [-0.15, -0.1) is 21.6 Å². The van der Waals surface area contributed by atoms with E-state index in [4.69, 9.17) is 12.2 Å². The van der Waals surface area contributed by atoms with Crippen molar-refractivity contribution >= 4 is 83.7 Å². The van der Waals surface area contributed by atoms with Gasteiger partial charge in [0.1, 0.15) is 10.5 Å². The predicted molar refractivity (Wildman–Crippen MR) is 134 cm³/mol. The van der Waals surface area contributed by atoms with E-state index in [-0.39, 0.29) is 5.91 Å². The number of thiophene rings is 1. The molecule has 0 aliphatic carbocycles. The SMILES string of the molecule is CN(c1ccccc1)c1ccc(/N=N/c2nc3sc(/C=C4/NC(=S)NC4=O)cc3s2)cc1. The summed E-state index contributed by atoms with van der Waals surface area (Å²) in [6, 6.07) is 20.0. The third-order valence-electron chi connectivity index (χ3n) is 4.74. The Morgan fingerprint density at radius 3 is 2.44 bits per heavy atom. The van der Waals surface area contributed by atoms with Gasteiger partial charge in [-0.1, -0.05) is 29.5 Å². The van der Waals surface area contributed by atoms with E-state index in [1.165, 1.54) is 22.7 Å². The Hall–Kier alpha value is -3.47. The Labute approximate surface area is 197 Å². The van der Waals surface area contributed by atoms with Crippen molar-refractivity contribution in [3.05, 3.63) is 71.2 Å². The average Bonchev–Trinajstić information content (AvgIpc) is 3.45. The molecule has 2 N–H and O–H groups in total. The molecule has 32 heavy (non-hydrogen) atoms. The lowest BCUT2D eigenvalue weighted by molar-refractivity contribution is -0.115. The van der Waals surface area contributed by atoms with E-state index in [0.29, 0.717) is 15.9 Å². The van der Waals surface area contributed by atoms with Gasteiger partial charge in [0.25, 0.3) is 5.91 Å². The predicted octanol–water partition coefficient (Wildman–Crippen LogP) is 5.89. The van der Waals surface area contributed by atoms with E-state index in [0.717, 1.165) is 31.5 Å². The lowest BCUT2D eigenvalue weighted by atomic mass is 10.2. The minimum atomic E-state index is -0.227. The van der Waals surface area contributed by atoms with E-state index in [9.17, 15) is 4.79 Å². The van der Waals surface area contributed by atoms with Crippen LogP contribution in [-0.4, -0.2) is 23.1 Å². The second-order valence-corrected chi connectivity index (χ2v) is 9.37. The van der Waals surface area contributed by atoms with E-state index in [2.05, 4.69) is 42.9 Å². The molecule has 158 valence electrons. The largest absolute Gasteiger partial charge is 0.345 e. The zero-order valence-corrected chi connectivity index (χ0v) is 19.2. The summed E-state index contributed by atoms with van der Waals surface area (Å²) in [5, 5.41) is 14.9. The van der Waals surface area contributed by atoms with Crippen molar-refractivity contribution in [1.29, 1.82) is 0 Å². The molecule has 1 amide bonds. The van der Waals surface area contributed by atoms with Crippen molar-refractivity contribution in [3.63, 3.8) is 0 Å². The summed E-state index contributed by atoms with van der Waals surface area (Å²) in [7, 11) is 2.03. The third-order valence-corrected chi connectivity index (χ3v) is 6.93. The van der Waals surface area contributed by atoms with Crippen LogP contribution >= 0.6 is 34.9 Å². The third kappa shape index (κ3) is 4.28. The normalized spacial score (nSPS) is 15.0. The minimum absolute atomic E-state index is 0.227. The summed E-state index contributed by atoms with van der Waals surface area (Å²) in [4.78, 5) is 20.2. The lowest BCUT2D eigenvalue weighted by Crippen LogP contribution is -2.21. The zero-order valence-electron chi connectivity index (χ0n) is 16.8. The highest BCUT2D eigenvalue weighted by molar-refractivity contribution is 7.80. The Balaban J connectivity index is 1.29. The van der Waals surface area contributed by atoms with Crippen LogP contribution in [0, 0.1) is 0 Å². The molecule has 0 saturated carbocycles. The van der Waals surface area contributed by atoms with E-state index in [1.807, 2.05) is 55.6 Å². The van der Waals surface area contributed by atoms with Crippen molar-refractivity contribution in [3.8, 4) is 0 Å². The summed E-state index contributed by atoms with van der Waals surface area (Å²) < 4.78 is 0.997. The van der Waals surface area contributed by atoms with Gasteiger partial charge in [0, 0.05) is 23.3 Å². The summed E-state index contributed by atoms with van der Waals surface area (Å²) in [5.41, 5.74) is 3.38. The Kier molecular flexibility index (Phi) is 5.48. The molecule has 1 fully saturated rings. The van der Waals surface area contributed by atoms with Crippen LogP contribution in [-0.2, 0) is 4.79 Å². The summed E-state index contributed by atoms with van der Waals surface area (Å²) in [6.45, 7) is 0. The second-order valence-electron chi connectivity index (χ2n) is 6.89. The molecule has 10 heteroatoms. The Morgan fingerprint density at radius 1 is 1.00 bits per heavy atom. The number of amides is 1. The number of thiazole rings is 1. The molecule has 2 aromatic carbocycles. The summed E-state index contributed by atoms with van der Waals surface area (Å²) in [5.74, 6) is -0.227. The molecule has 0 radical (unpaired) electrons. The lowest BCUT2D eigenvalue weighted by Gasteiger charge is -2.19. The van der Waals surface area contributed by atoms with Crippen molar-refractivity contribution in [2.45, 2.75) is 0 Å². The molecule has 1 aliphatic heterocycles. The molecule has 3 heterocycles. The van der Waals surface area contributed by atoms with Crippen LogP contribution < -0.4 is 15.5 Å². The smallest absolute Gasteiger partial charge is 0.273 e. The first-order valence-corrected chi connectivity index (χ1v) is 11.6. The van der Waals surface area contributed by atoms with Crippen LogP contribution in [0.5, 0.6) is 0 Å². The van der Waals surface area contributed by atoms with E-state index in [1.54, 1.807) is 6.08 Å². The van der Waals surface area contributed by atoms with Crippen LogP contribution in [0.1, 0.15) is 4.88 Å². The molecule has 0 unspecified atom stereocenters. The summed E-state index contributed by atoms with van der Waals surface area (Å²) >= 11 is 7.89. The molecular formula is C22H16N6OS3. The van der Waals surface area contributed by atoms with E-state index < -0.39 is 0 Å². The number of nitrogens with one attached hydrogen (secondary N) is 2. The molecule has 7 nitrogen and oxygen atoms in total. The topological polar surface area (TPSA) is 82.0 Å². The summed E-state index contributed by atoms with van der Waals surface area (Å²) in [6.07, 6.45) is 1.77. The van der Waals surface area contributed by atoms with Gasteiger partial charge in [0.2, 0.25) is 5.13 Å². The van der Waals surface area contributed by atoms with Gasteiger partial charge in [-0.25, -0.2) is 4.98 Å². The number of aromatic nitrogens is 1. The quantitative estimate of drug-likeness (QED) is 0.213. The maximum Gasteiger partial charge on any atom is 0.273 e. The van der Waals surface area contributed by atoms with Crippen LogP contribution in [0.2, 0.25) is 0 Å². The van der Waals surface area contributed by atoms with Gasteiger partial charge in [0.15, 0.2) is 5.11 Å². The molecule has 2 aromatic heterocycles. The molecule has 5 rings (SSSR count). The zero-order chi connectivity index (χ0) is 22.1. The van der Waals surface area contributed by atoms with Gasteiger partial charge in [-0.2, -0.15) is 0 Å². The number of para-hydroxylation sites is 1. The van der Waals surface area contributed by atoms with Crippen molar-refractivity contribution < 1.29 is 4.79 Å². The molecule has 1 saturated heterocycles. The maximum absolute atomic E-state index is 11.8. The molecule has 1 aliphatic rings. The number of azo groups is 1. The first-order chi connectivity index (χ1) is 15.5. The number of rotatable bonds is 5. The number of hydrogen-bond donors (Lipinski definition) is 2. The number of nitrogens with zero attached hydrogens (tertiary/aromatic N) is 4. The number of anilines is 2. The molecule has 0 bridgehead atoms. The van der Waals surface area contributed by atoms with Gasteiger partial charge in [0.05, 0.1) is 10.4 Å². The standard InChI is InChI=1S/C22H16N6OS3/c1-28(14-5-3-2-4-6-14)15-9-7-13(8-10-15)26-27-22-25-20-18(32-22)12-16(31-20)11-17-19(29)24-21(30)23-17/h2-12H,1H3,(H2,23,24,29,30)/b17-11+,27-26+. The van der Waals surface area contributed by atoms with Gasteiger partial charge in [-0.3, -0.25) is 10.1 Å². The molecular weight excluding hydrogens is 460 g/mol. The number of hydrogen-bond acceptors (Lipinski definition) is 8. The Morgan fingerprint density at radius 2 is 1.75 bits per heavy atom.